The van der Waals surface area contributed by atoms with Gasteiger partial charge in [0.2, 0.25) is 0 Å². The van der Waals surface area contributed by atoms with Gasteiger partial charge in [-0.3, -0.25) is 0 Å². The SMILES string of the molecule is Clc1ccc2oc(CBr)c(-c3ccccc3)c2c1. The van der Waals surface area contributed by atoms with Crippen LogP contribution in [0.2, 0.25) is 5.02 Å². The van der Waals surface area contributed by atoms with Crippen LogP contribution in [0.15, 0.2) is 52.9 Å². The highest BCUT2D eigenvalue weighted by atomic mass is 79.9. The van der Waals surface area contributed by atoms with E-state index in [9.17, 15) is 0 Å². The fourth-order valence-electron chi connectivity index (χ4n) is 2.14. The molecule has 90 valence electrons. The van der Waals surface area contributed by atoms with Gasteiger partial charge in [0.1, 0.15) is 11.3 Å². The van der Waals surface area contributed by atoms with Crippen LogP contribution in [0.4, 0.5) is 0 Å². The average molecular weight is 322 g/mol. The number of hydrogen-bond donors (Lipinski definition) is 0. The van der Waals surface area contributed by atoms with E-state index in [4.69, 9.17) is 16.0 Å². The smallest absolute Gasteiger partial charge is 0.135 e. The summed E-state index contributed by atoms with van der Waals surface area (Å²) in [6.07, 6.45) is 0. The van der Waals surface area contributed by atoms with E-state index < -0.39 is 0 Å². The lowest BCUT2D eigenvalue weighted by Crippen LogP contribution is -1.80. The van der Waals surface area contributed by atoms with Gasteiger partial charge in [0.15, 0.2) is 0 Å². The zero-order valence-corrected chi connectivity index (χ0v) is 11.8. The van der Waals surface area contributed by atoms with Gasteiger partial charge in [-0.15, -0.1) is 0 Å². The van der Waals surface area contributed by atoms with Crippen LogP contribution in [-0.2, 0) is 5.33 Å². The van der Waals surface area contributed by atoms with E-state index >= 15 is 0 Å². The van der Waals surface area contributed by atoms with Crippen molar-refractivity contribution in [2.45, 2.75) is 5.33 Å². The number of furan rings is 1. The van der Waals surface area contributed by atoms with Crippen LogP contribution < -0.4 is 0 Å². The Kier molecular flexibility index (Phi) is 3.14. The molecule has 0 radical (unpaired) electrons. The van der Waals surface area contributed by atoms with Crippen LogP contribution >= 0.6 is 27.5 Å². The maximum atomic E-state index is 6.08. The van der Waals surface area contributed by atoms with Crippen molar-refractivity contribution in [2.75, 3.05) is 0 Å². The quantitative estimate of drug-likeness (QED) is 0.556. The molecular formula is C15H10BrClO. The number of alkyl halides is 1. The first-order chi connectivity index (χ1) is 8.79. The zero-order valence-electron chi connectivity index (χ0n) is 9.49. The average Bonchev–Trinajstić information content (AvgIpc) is 2.77. The third kappa shape index (κ3) is 1.96. The minimum Gasteiger partial charge on any atom is -0.460 e. The van der Waals surface area contributed by atoms with Crippen LogP contribution in [-0.4, -0.2) is 0 Å². The first-order valence-electron chi connectivity index (χ1n) is 5.62. The van der Waals surface area contributed by atoms with E-state index in [1.54, 1.807) is 0 Å². The summed E-state index contributed by atoms with van der Waals surface area (Å²) in [5, 5.41) is 2.47. The molecule has 3 rings (SSSR count). The Morgan fingerprint density at radius 2 is 1.83 bits per heavy atom. The predicted molar refractivity (Wildman–Crippen MR) is 79.3 cm³/mol. The van der Waals surface area contributed by atoms with E-state index in [1.807, 2.05) is 36.4 Å². The minimum absolute atomic E-state index is 0.684. The molecule has 1 heterocycles. The van der Waals surface area contributed by atoms with Gasteiger partial charge >= 0.3 is 0 Å². The van der Waals surface area contributed by atoms with E-state index in [-0.39, 0.29) is 0 Å². The summed E-state index contributed by atoms with van der Waals surface area (Å²) in [4.78, 5) is 0. The fraction of sp³-hybridized carbons (Fsp3) is 0.0667. The number of rotatable bonds is 2. The van der Waals surface area contributed by atoms with Gasteiger partial charge in [-0.2, -0.15) is 0 Å². The molecular weight excluding hydrogens is 312 g/mol. The molecule has 1 nitrogen and oxygen atoms in total. The lowest BCUT2D eigenvalue weighted by atomic mass is 10.0. The highest BCUT2D eigenvalue weighted by Gasteiger charge is 2.15. The third-order valence-electron chi connectivity index (χ3n) is 2.91. The summed E-state index contributed by atoms with van der Waals surface area (Å²) in [6.45, 7) is 0. The molecule has 3 heteroatoms. The fourth-order valence-corrected chi connectivity index (χ4v) is 2.70. The Balaban J connectivity index is 2.35. The van der Waals surface area contributed by atoms with Gasteiger partial charge in [-0.05, 0) is 23.8 Å². The maximum absolute atomic E-state index is 6.08. The van der Waals surface area contributed by atoms with Crippen molar-refractivity contribution in [3.05, 3.63) is 59.3 Å². The molecule has 2 aromatic carbocycles. The Labute approximate surface area is 119 Å². The van der Waals surface area contributed by atoms with E-state index in [1.165, 1.54) is 0 Å². The van der Waals surface area contributed by atoms with Crippen LogP contribution in [0.25, 0.3) is 22.1 Å². The second kappa shape index (κ2) is 4.79. The van der Waals surface area contributed by atoms with Gasteiger partial charge in [0.05, 0.1) is 5.33 Å². The summed E-state index contributed by atoms with van der Waals surface area (Å²) in [5.41, 5.74) is 3.13. The van der Waals surface area contributed by atoms with Gasteiger partial charge in [-0.1, -0.05) is 57.9 Å². The van der Waals surface area contributed by atoms with Crippen molar-refractivity contribution in [3.8, 4) is 11.1 Å². The summed E-state index contributed by atoms with van der Waals surface area (Å²) in [5.74, 6) is 0.929. The second-order valence-electron chi connectivity index (χ2n) is 4.04. The van der Waals surface area contributed by atoms with Crippen molar-refractivity contribution >= 4 is 38.5 Å². The summed E-state index contributed by atoms with van der Waals surface area (Å²) in [6, 6.07) is 15.9. The van der Waals surface area contributed by atoms with Gasteiger partial charge in [-0.25, -0.2) is 0 Å². The number of halogens is 2. The number of fused-ring (bicyclic) bond motifs is 1. The topological polar surface area (TPSA) is 13.1 Å². The molecule has 1 aromatic heterocycles. The van der Waals surface area contributed by atoms with E-state index in [0.717, 1.165) is 32.9 Å². The maximum Gasteiger partial charge on any atom is 0.135 e. The van der Waals surface area contributed by atoms with Crippen LogP contribution in [0.3, 0.4) is 0 Å². The molecule has 0 aliphatic heterocycles. The molecule has 0 atom stereocenters. The molecule has 0 bridgehead atoms. The zero-order chi connectivity index (χ0) is 12.5. The lowest BCUT2D eigenvalue weighted by Gasteiger charge is -2.01. The van der Waals surface area contributed by atoms with Crippen molar-refractivity contribution in [2.24, 2.45) is 0 Å². The molecule has 0 saturated carbocycles. The Bertz CT molecular complexity index is 688. The van der Waals surface area contributed by atoms with Crippen LogP contribution in [0, 0.1) is 0 Å². The first kappa shape index (κ1) is 11.8. The van der Waals surface area contributed by atoms with Crippen molar-refractivity contribution in [3.63, 3.8) is 0 Å². The molecule has 0 N–H and O–H groups in total. The summed E-state index contributed by atoms with van der Waals surface area (Å²) >= 11 is 9.55. The van der Waals surface area contributed by atoms with Crippen LogP contribution in [0.5, 0.6) is 0 Å². The molecule has 0 spiro atoms. The molecule has 0 amide bonds. The standard InChI is InChI=1S/C15H10BrClO/c16-9-14-15(10-4-2-1-3-5-10)12-8-11(17)6-7-13(12)18-14/h1-8H,9H2. The monoisotopic (exact) mass is 320 g/mol. The Morgan fingerprint density at radius 1 is 1.06 bits per heavy atom. The summed E-state index contributed by atoms with van der Waals surface area (Å²) < 4.78 is 5.85. The van der Waals surface area contributed by atoms with E-state index in [2.05, 4.69) is 28.1 Å². The highest BCUT2D eigenvalue weighted by molar-refractivity contribution is 9.08. The molecule has 0 saturated heterocycles. The lowest BCUT2D eigenvalue weighted by molar-refractivity contribution is 0.577. The summed E-state index contributed by atoms with van der Waals surface area (Å²) in [7, 11) is 0. The normalized spacial score (nSPS) is 11.0. The number of benzene rings is 2. The van der Waals surface area contributed by atoms with Gasteiger partial charge in [0.25, 0.3) is 0 Å². The minimum atomic E-state index is 0.684. The third-order valence-corrected chi connectivity index (χ3v) is 3.65. The van der Waals surface area contributed by atoms with Crippen molar-refractivity contribution < 1.29 is 4.42 Å². The highest BCUT2D eigenvalue weighted by Crippen LogP contribution is 2.37. The van der Waals surface area contributed by atoms with Crippen molar-refractivity contribution in [1.82, 2.24) is 0 Å². The van der Waals surface area contributed by atoms with Gasteiger partial charge < -0.3 is 4.42 Å². The molecule has 0 unspecified atom stereocenters. The molecule has 0 fully saturated rings. The second-order valence-corrected chi connectivity index (χ2v) is 5.04. The Morgan fingerprint density at radius 3 is 2.56 bits per heavy atom. The van der Waals surface area contributed by atoms with Crippen molar-refractivity contribution in [1.29, 1.82) is 0 Å². The Hall–Kier alpha value is -1.25. The van der Waals surface area contributed by atoms with Gasteiger partial charge in [0, 0.05) is 16.0 Å². The molecule has 18 heavy (non-hydrogen) atoms. The molecule has 0 aliphatic carbocycles. The van der Waals surface area contributed by atoms with Crippen LogP contribution in [0.1, 0.15) is 5.76 Å². The first-order valence-corrected chi connectivity index (χ1v) is 7.12. The molecule has 3 aromatic rings. The predicted octanol–water partition coefficient (Wildman–Crippen LogP) is 5.65. The molecule has 0 aliphatic rings. The number of hydrogen-bond acceptors (Lipinski definition) is 1. The largest absolute Gasteiger partial charge is 0.460 e. The van der Waals surface area contributed by atoms with E-state index in [0.29, 0.717) is 5.33 Å².